The summed E-state index contributed by atoms with van der Waals surface area (Å²) in [6, 6.07) is 18.3. The molecule has 0 bridgehead atoms. The Morgan fingerprint density at radius 2 is 1.56 bits per heavy atom. The first kappa shape index (κ1) is 12.6. The van der Waals surface area contributed by atoms with Gasteiger partial charge in [-0.15, -0.1) is 0 Å². The highest BCUT2D eigenvalue weighted by Gasteiger charge is 2.08. The van der Waals surface area contributed by atoms with E-state index in [9.17, 15) is 4.79 Å². The zero-order valence-electron chi connectivity index (χ0n) is 10.7. The summed E-state index contributed by atoms with van der Waals surface area (Å²) in [4.78, 5) is 11.8. The van der Waals surface area contributed by atoms with E-state index in [1.54, 1.807) is 0 Å². The van der Waals surface area contributed by atoms with Crippen LogP contribution in [-0.2, 0) is 12.8 Å². The molecule has 0 aromatic heterocycles. The molecule has 0 radical (unpaired) electrons. The minimum Gasteiger partial charge on any atom is -0.294 e. The third-order valence-corrected chi connectivity index (χ3v) is 3.16. The lowest BCUT2D eigenvalue weighted by molar-refractivity contribution is 0.0987. The molecule has 0 heterocycles. The Bertz CT molecular complexity index is 514. The molecular formula is C17H18O. The number of rotatable bonds is 5. The molecule has 2 aromatic rings. The summed E-state index contributed by atoms with van der Waals surface area (Å²) in [6.45, 7) is 1.91. The molecule has 0 spiro atoms. The van der Waals surface area contributed by atoms with Gasteiger partial charge in [-0.1, -0.05) is 61.5 Å². The van der Waals surface area contributed by atoms with E-state index in [2.05, 4.69) is 30.3 Å². The summed E-state index contributed by atoms with van der Waals surface area (Å²) >= 11 is 0. The van der Waals surface area contributed by atoms with Crippen molar-refractivity contribution >= 4 is 5.78 Å². The number of ketones is 1. The van der Waals surface area contributed by atoms with E-state index < -0.39 is 0 Å². The quantitative estimate of drug-likeness (QED) is 0.718. The normalized spacial score (nSPS) is 10.3. The minimum absolute atomic E-state index is 0.235. The maximum absolute atomic E-state index is 11.8. The van der Waals surface area contributed by atoms with E-state index in [-0.39, 0.29) is 5.78 Å². The van der Waals surface area contributed by atoms with Gasteiger partial charge in [0.15, 0.2) is 5.78 Å². The Hall–Kier alpha value is -1.89. The molecule has 92 valence electrons. The lowest BCUT2D eigenvalue weighted by Crippen LogP contribution is -2.03. The Labute approximate surface area is 108 Å². The first-order valence-corrected chi connectivity index (χ1v) is 6.46. The van der Waals surface area contributed by atoms with Gasteiger partial charge in [-0.25, -0.2) is 0 Å². The molecule has 0 fully saturated rings. The number of carbonyl (C=O) groups is 1. The van der Waals surface area contributed by atoms with E-state index in [1.807, 2.05) is 31.2 Å². The van der Waals surface area contributed by atoms with Crippen LogP contribution in [0.15, 0.2) is 54.6 Å². The highest BCUT2D eigenvalue weighted by molar-refractivity contribution is 5.97. The first-order chi connectivity index (χ1) is 8.81. The molecule has 2 aromatic carbocycles. The number of benzene rings is 2. The van der Waals surface area contributed by atoms with E-state index in [0.717, 1.165) is 24.0 Å². The zero-order valence-corrected chi connectivity index (χ0v) is 10.7. The second kappa shape index (κ2) is 6.15. The van der Waals surface area contributed by atoms with Gasteiger partial charge in [0.25, 0.3) is 0 Å². The molecule has 0 aliphatic carbocycles. The first-order valence-electron chi connectivity index (χ1n) is 6.46. The number of hydrogen-bond donors (Lipinski definition) is 0. The predicted octanol–water partition coefficient (Wildman–Crippen LogP) is 4.06. The van der Waals surface area contributed by atoms with Gasteiger partial charge in [0, 0.05) is 12.0 Å². The number of aryl methyl sites for hydroxylation is 2. The molecule has 0 N–H and O–H groups in total. The fraction of sp³-hybridized carbons (Fsp3) is 0.235. The van der Waals surface area contributed by atoms with Crippen LogP contribution < -0.4 is 0 Å². The topological polar surface area (TPSA) is 17.1 Å². The van der Waals surface area contributed by atoms with Gasteiger partial charge in [-0.05, 0) is 24.0 Å². The molecule has 2 rings (SSSR count). The third kappa shape index (κ3) is 3.07. The summed E-state index contributed by atoms with van der Waals surface area (Å²) in [5, 5.41) is 0. The highest BCUT2D eigenvalue weighted by atomic mass is 16.1. The Morgan fingerprint density at radius 1 is 0.889 bits per heavy atom. The minimum atomic E-state index is 0.235. The molecule has 0 amide bonds. The van der Waals surface area contributed by atoms with Crippen LogP contribution in [0.4, 0.5) is 0 Å². The smallest absolute Gasteiger partial charge is 0.162 e. The van der Waals surface area contributed by atoms with Gasteiger partial charge in [0.2, 0.25) is 0 Å². The second-order valence-corrected chi connectivity index (χ2v) is 4.42. The molecule has 0 saturated carbocycles. The second-order valence-electron chi connectivity index (χ2n) is 4.42. The van der Waals surface area contributed by atoms with Crippen LogP contribution in [0, 0.1) is 0 Å². The summed E-state index contributed by atoms with van der Waals surface area (Å²) in [5.41, 5.74) is 3.36. The zero-order chi connectivity index (χ0) is 12.8. The van der Waals surface area contributed by atoms with Crippen LogP contribution >= 0.6 is 0 Å². The van der Waals surface area contributed by atoms with Gasteiger partial charge in [-0.2, -0.15) is 0 Å². The third-order valence-electron chi connectivity index (χ3n) is 3.16. The van der Waals surface area contributed by atoms with Crippen molar-refractivity contribution in [3.05, 3.63) is 71.3 Å². The molecule has 1 heteroatoms. The number of Topliss-reactive ketones (excluding diaryl/α,β-unsaturated/α-hetero) is 1. The van der Waals surface area contributed by atoms with Crippen molar-refractivity contribution in [3.8, 4) is 0 Å². The number of carbonyl (C=O) groups excluding carboxylic acids is 1. The fourth-order valence-corrected chi connectivity index (χ4v) is 2.12. The molecule has 0 aliphatic heterocycles. The van der Waals surface area contributed by atoms with Gasteiger partial charge in [0.1, 0.15) is 0 Å². The summed E-state index contributed by atoms with van der Waals surface area (Å²) in [5.74, 6) is 0.235. The van der Waals surface area contributed by atoms with Crippen molar-refractivity contribution in [1.29, 1.82) is 0 Å². The van der Waals surface area contributed by atoms with Gasteiger partial charge >= 0.3 is 0 Å². The lowest BCUT2D eigenvalue weighted by Gasteiger charge is -2.07. The van der Waals surface area contributed by atoms with Gasteiger partial charge < -0.3 is 0 Å². The van der Waals surface area contributed by atoms with Crippen molar-refractivity contribution in [3.63, 3.8) is 0 Å². The molecular weight excluding hydrogens is 220 g/mol. The van der Waals surface area contributed by atoms with E-state index in [4.69, 9.17) is 0 Å². The van der Waals surface area contributed by atoms with E-state index in [1.165, 1.54) is 5.56 Å². The molecule has 0 saturated heterocycles. The molecule has 18 heavy (non-hydrogen) atoms. The molecule has 0 unspecified atom stereocenters. The lowest BCUT2D eigenvalue weighted by atomic mass is 9.97. The average molecular weight is 238 g/mol. The van der Waals surface area contributed by atoms with Crippen LogP contribution in [0.3, 0.4) is 0 Å². The molecule has 0 aliphatic rings. The van der Waals surface area contributed by atoms with Crippen molar-refractivity contribution in [2.75, 3.05) is 0 Å². The van der Waals surface area contributed by atoms with Crippen LogP contribution in [0.2, 0.25) is 0 Å². The van der Waals surface area contributed by atoms with Crippen LogP contribution in [0.5, 0.6) is 0 Å². The predicted molar refractivity (Wildman–Crippen MR) is 74.9 cm³/mol. The standard InChI is InChI=1S/C17H18O/c1-2-17(18)16-11-7-6-10-15(16)13-12-14-8-4-3-5-9-14/h3-11H,2,12-13H2,1H3. The Balaban J connectivity index is 2.12. The molecule has 0 atom stereocenters. The maximum Gasteiger partial charge on any atom is 0.162 e. The van der Waals surface area contributed by atoms with Crippen LogP contribution in [-0.4, -0.2) is 5.78 Å². The van der Waals surface area contributed by atoms with Crippen LogP contribution in [0.25, 0.3) is 0 Å². The maximum atomic E-state index is 11.8. The summed E-state index contributed by atoms with van der Waals surface area (Å²) < 4.78 is 0. The SMILES string of the molecule is CCC(=O)c1ccccc1CCc1ccccc1. The monoisotopic (exact) mass is 238 g/mol. The van der Waals surface area contributed by atoms with E-state index in [0.29, 0.717) is 6.42 Å². The summed E-state index contributed by atoms with van der Waals surface area (Å²) in [6.07, 6.45) is 2.48. The van der Waals surface area contributed by atoms with Crippen molar-refractivity contribution in [2.24, 2.45) is 0 Å². The van der Waals surface area contributed by atoms with Crippen molar-refractivity contribution in [2.45, 2.75) is 26.2 Å². The van der Waals surface area contributed by atoms with Gasteiger partial charge in [-0.3, -0.25) is 4.79 Å². The van der Waals surface area contributed by atoms with Crippen molar-refractivity contribution < 1.29 is 4.79 Å². The van der Waals surface area contributed by atoms with Gasteiger partial charge in [0.05, 0.1) is 0 Å². The van der Waals surface area contributed by atoms with Crippen LogP contribution in [0.1, 0.15) is 34.8 Å². The van der Waals surface area contributed by atoms with Crippen molar-refractivity contribution in [1.82, 2.24) is 0 Å². The largest absolute Gasteiger partial charge is 0.294 e. The number of hydrogen-bond acceptors (Lipinski definition) is 1. The summed E-state index contributed by atoms with van der Waals surface area (Å²) in [7, 11) is 0. The molecule has 1 nitrogen and oxygen atoms in total. The van der Waals surface area contributed by atoms with E-state index >= 15 is 0 Å². The average Bonchev–Trinajstić information content (AvgIpc) is 2.45. The Kier molecular flexibility index (Phi) is 4.30. The highest BCUT2D eigenvalue weighted by Crippen LogP contribution is 2.14. The fourth-order valence-electron chi connectivity index (χ4n) is 2.12. The Morgan fingerprint density at radius 3 is 2.28 bits per heavy atom.